The molecule has 2 N–H and O–H groups in total. The predicted octanol–water partition coefficient (Wildman–Crippen LogP) is 3.58. The lowest BCUT2D eigenvalue weighted by Crippen LogP contribution is -2.81. The molecule has 2 fully saturated rings. The van der Waals surface area contributed by atoms with Gasteiger partial charge in [-0.2, -0.15) is 10.2 Å². The van der Waals surface area contributed by atoms with Crippen LogP contribution in [0.15, 0.2) is 89.1 Å². The van der Waals surface area contributed by atoms with Crippen LogP contribution in [-0.2, 0) is 9.59 Å². The number of fused-ring (bicyclic) bond motifs is 8. The van der Waals surface area contributed by atoms with Gasteiger partial charge in [0.15, 0.2) is 0 Å². The molecule has 2 saturated heterocycles. The van der Waals surface area contributed by atoms with E-state index in [4.69, 9.17) is 0 Å². The smallest absolute Gasteiger partial charge is 0.244 e. The summed E-state index contributed by atoms with van der Waals surface area (Å²) >= 11 is 0. The standard InChI is InChI=1S/C24H18N4O2/c29-23-19-20(22-18-9-5-4-8-17(18)21(19)25-22)24(30)28(23)16-12-10-15(11-13-16)27-26-14-6-2-1-3-7-14/h1-13,19-22,25H/p+1/t19-,20+,21-,22+. The second kappa shape index (κ2) is 6.43. The van der Waals surface area contributed by atoms with Gasteiger partial charge in [-0.1, -0.05) is 42.5 Å². The fourth-order valence-electron chi connectivity index (χ4n) is 5.18. The summed E-state index contributed by atoms with van der Waals surface area (Å²) < 4.78 is 0. The molecule has 3 aromatic rings. The Morgan fingerprint density at radius 2 is 1.13 bits per heavy atom. The lowest BCUT2D eigenvalue weighted by atomic mass is 9.77. The lowest BCUT2D eigenvalue weighted by molar-refractivity contribution is -0.707. The van der Waals surface area contributed by atoms with E-state index in [9.17, 15) is 9.59 Å². The van der Waals surface area contributed by atoms with Crippen molar-refractivity contribution in [2.75, 3.05) is 4.90 Å². The molecule has 3 heterocycles. The summed E-state index contributed by atoms with van der Waals surface area (Å²) in [5.41, 5.74) is 4.43. The van der Waals surface area contributed by atoms with Gasteiger partial charge >= 0.3 is 0 Å². The molecule has 0 saturated carbocycles. The first kappa shape index (κ1) is 17.2. The SMILES string of the molecule is O=C1[C@@H]2[C@H](C(=O)N1c1ccc(N=Nc3ccccc3)cc1)[C@H]1[NH2+][C@@H]2c2ccccc21. The Morgan fingerprint density at radius 3 is 1.70 bits per heavy atom. The molecule has 0 aliphatic carbocycles. The zero-order valence-electron chi connectivity index (χ0n) is 16.1. The van der Waals surface area contributed by atoms with Crippen LogP contribution in [0.2, 0.25) is 0 Å². The number of azo groups is 1. The summed E-state index contributed by atoms with van der Waals surface area (Å²) in [5, 5.41) is 10.6. The van der Waals surface area contributed by atoms with E-state index in [0.29, 0.717) is 11.4 Å². The van der Waals surface area contributed by atoms with Crippen LogP contribution in [0.4, 0.5) is 17.1 Å². The predicted molar refractivity (Wildman–Crippen MR) is 110 cm³/mol. The fraction of sp³-hybridized carbons (Fsp3) is 0.167. The van der Waals surface area contributed by atoms with E-state index < -0.39 is 0 Å². The maximum Gasteiger partial charge on any atom is 0.244 e. The first-order valence-electron chi connectivity index (χ1n) is 10.1. The number of rotatable bonds is 3. The van der Waals surface area contributed by atoms with E-state index in [1.807, 2.05) is 42.5 Å². The van der Waals surface area contributed by atoms with Crippen LogP contribution >= 0.6 is 0 Å². The maximum absolute atomic E-state index is 13.2. The summed E-state index contributed by atoms with van der Waals surface area (Å²) in [7, 11) is 0. The number of nitrogens with two attached hydrogens (primary N) is 1. The zero-order valence-corrected chi connectivity index (χ0v) is 16.1. The van der Waals surface area contributed by atoms with Gasteiger partial charge in [-0.25, -0.2) is 4.90 Å². The normalized spacial score (nSPS) is 26.5. The van der Waals surface area contributed by atoms with Crippen molar-refractivity contribution >= 4 is 28.9 Å². The third-order valence-corrected chi connectivity index (χ3v) is 6.45. The van der Waals surface area contributed by atoms with E-state index in [0.717, 1.165) is 5.69 Å². The van der Waals surface area contributed by atoms with E-state index in [1.54, 1.807) is 24.3 Å². The van der Waals surface area contributed by atoms with E-state index in [2.05, 4.69) is 27.7 Å². The molecule has 0 spiro atoms. The second-order valence-electron chi connectivity index (χ2n) is 7.99. The molecule has 3 aromatic carbocycles. The number of imide groups is 1. The maximum atomic E-state index is 13.2. The van der Waals surface area contributed by atoms with Gasteiger partial charge in [0.25, 0.3) is 0 Å². The van der Waals surface area contributed by atoms with Crippen LogP contribution in [0.3, 0.4) is 0 Å². The van der Waals surface area contributed by atoms with Crippen molar-refractivity contribution in [3.8, 4) is 0 Å². The summed E-state index contributed by atoms with van der Waals surface area (Å²) in [5.74, 6) is -0.756. The Balaban J connectivity index is 1.27. The monoisotopic (exact) mass is 395 g/mol. The number of carbonyl (C=O) groups is 2. The minimum absolute atomic E-state index is 0.0385. The number of benzene rings is 3. The number of amides is 2. The first-order chi connectivity index (χ1) is 14.7. The Labute approximate surface area is 173 Å². The van der Waals surface area contributed by atoms with Crippen LogP contribution in [0.5, 0.6) is 0 Å². The molecule has 146 valence electrons. The highest BCUT2D eigenvalue weighted by Crippen LogP contribution is 2.51. The molecule has 0 aromatic heterocycles. The molecule has 0 radical (unpaired) electrons. The number of quaternary nitrogens is 1. The molecular weight excluding hydrogens is 376 g/mol. The van der Waals surface area contributed by atoms with Gasteiger partial charge in [0.2, 0.25) is 11.8 Å². The second-order valence-corrected chi connectivity index (χ2v) is 7.99. The molecule has 3 aliphatic rings. The number of anilines is 1. The average molecular weight is 395 g/mol. The fourth-order valence-corrected chi connectivity index (χ4v) is 5.18. The van der Waals surface area contributed by atoms with Gasteiger partial charge in [0.1, 0.15) is 23.9 Å². The van der Waals surface area contributed by atoms with Gasteiger partial charge < -0.3 is 5.32 Å². The number of hydrogen-bond acceptors (Lipinski definition) is 4. The van der Waals surface area contributed by atoms with E-state index in [1.165, 1.54) is 16.0 Å². The van der Waals surface area contributed by atoms with E-state index >= 15 is 0 Å². The Kier molecular flexibility index (Phi) is 3.70. The molecule has 4 atom stereocenters. The molecule has 0 unspecified atom stereocenters. The van der Waals surface area contributed by atoms with Crippen LogP contribution in [-0.4, -0.2) is 11.8 Å². The quantitative estimate of drug-likeness (QED) is 0.543. The van der Waals surface area contributed by atoms with Gasteiger partial charge in [-0.15, -0.1) is 0 Å². The van der Waals surface area contributed by atoms with Crippen LogP contribution in [0, 0.1) is 11.8 Å². The average Bonchev–Trinajstić information content (AvgIpc) is 3.44. The molecule has 30 heavy (non-hydrogen) atoms. The molecular formula is C24H19N4O2+. The van der Waals surface area contributed by atoms with Crippen molar-refractivity contribution in [2.45, 2.75) is 12.1 Å². The van der Waals surface area contributed by atoms with E-state index in [-0.39, 0.29) is 35.7 Å². The highest BCUT2D eigenvalue weighted by molar-refractivity contribution is 6.22. The summed E-state index contributed by atoms with van der Waals surface area (Å²) in [6, 6.07) is 24.9. The molecule has 3 aliphatic heterocycles. The number of carbonyl (C=O) groups excluding carboxylic acids is 2. The summed E-state index contributed by atoms with van der Waals surface area (Å²) in [6.45, 7) is 0. The third-order valence-electron chi connectivity index (χ3n) is 6.45. The highest BCUT2D eigenvalue weighted by Gasteiger charge is 2.66. The Hall–Kier alpha value is -3.64. The lowest BCUT2D eigenvalue weighted by Gasteiger charge is -2.17. The van der Waals surface area contributed by atoms with Gasteiger partial charge in [0, 0.05) is 11.1 Å². The molecule has 6 rings (SSSR count). The first-order valence-corrected chi connectivity index (χ1v) is 10.1. The van der Waals surface area contributed by atoms with Gasteiger partial charge in [-0.05, 0) is 36.4 Å². The minimum atomic E-state index is -0.283. The third kappa shape index (κ3) is 2.40. The van der Waals surface area contributed by atoms with Crippen molar-refractivity contribution in [3.05, 3.63) is 90.0 Å². The topological polar surface area (TPSA) is 78.7 Å². The zero-order chi connectivity index (χ0) is 20.2. The van der Waals surface area contributed by atoms with Crippen molar-refractivity contribution in [3.63, 3.8) is 0 Å². The molecule has 6 heteroatoms. The van der Waals surface area contributed by atoms with Gasteiger partial charge in [-0.3, -0.25) is 9.59 Å². The largest absolute Gasteiger partial charge is 0.332 e. The molecule has 2 amide bonds. The van der Waals surface area contributed by atoms with Crippen molar-refractivity contribution < 1.29 is 14.9 Å². The van der Waals surface area contributed by atoms with Crippen LogP contribution < -0.4 is 10.2 Å². The van der Waals surface area contributed by atoms with Crippen LogP contribution in [0.25, 0.3) is 0 Å². The number of hydrogen-bond donors (Lipinski definition) is 1. The number of nitrogens with zero attached hydrogens (tertiary/aromatic N) is 3. The summed E-state index contributed by atoms with van der Waals surface area (Å²) in [4.78, 5) is 27.8. The van der Waals surface area contributed by atoms with Crippen molar-refractivity contribution in [1.29, 1.82) is 0 Å². The van der Waals surface area contributed by atoms with Gasteiger partial charge in [0.05, 0.1) is 17.1 Å². The molecule has 2 bridgehead atoms. The summed E-state index contributed by atoms with van der Waals surface area (Å²) in [6.07, 6.45) is 0. The highest BCUT2D eigenvalue weighted by atomic mass is 16.2. The Morgan fingerprint density at radius 1 is 0.633 bits per heavy atom. The Bertz CT molecular complexity index is 1140. The molecule has 6 nitrogen and oxygen atoms in total. The van der Waals surface area contributed by atoms with Crippen molar-refractivity contribution in [1.82, 2.24) is 0 Å². The minimum Gasteiger partial charge on any atom is -0.332 e. The van der Waals surface area contributed by atoms with Crippen LogP contribution in [0.1, 0.15) is 23.2 Å². The van der Waals surface area contributed by atoms with Crippen molar-refractivity contribution in [2.24, 2.45) is 22.1 Å².